The summed E-state index contributed by atoms with van der Waals surface area (Å²) in [5.41, 5.74) is 6.48. The van der Waals surface area contributed by atoms with Gasteiger partial charge in [0.25, 0.3) is 0 Å². The van der Waals surface area contributed by atoms with Crippen LogP contribution in [0.3, 0.4) is 0 Å². The van der Waals surface area contributed by atoms with Crippen molar-refractivity contribution in [1.29, 1.82) is 5.26 Å². The van der Waals surface area contributed by atoms with E-state index in [9.17, 15) is 0 Å². The molecule has 1 aromatic carbocycles. The molecule has 0 spiro atoms. The number of nitrogen functional groups attached to an aromatic ring is 1. The quantitative estimate of drug-likeness (QED) is 0.816. The molecule has 0 radical (unpaired) electrons. The number of hydrogen-bond donors (Lipinski definition) is 1. The fourth-order valence-electron chi connectivity index (χ4n) is 1.40. The van der Waals surface area contributed by atoms with E-state index in [2.05, 4.69) is 5.10 Å². The highest BCUT2D eigenvalue weighted by molar-refractivity contribution is 5.56. The monoisotopic (exact) mass is 228 g/mol. The van der Waals surface area contributed by atoms with E-state index in [0.717, 1.165) is 6.54 Å². The molecule has 2 rings (SSSR count). The average Bonchev–Trinajstić information content (AvgIpc) is 2.79. The number of anilines is 1. The Bertz CT molecular complexity index is 568. The molecule has 0 unspecified atom stereocenters. The minimum Gasteiger partial charge on any atom is -0.454 e. The van der Waals surface area contributed by atoms with Gasteiger partial charge in [-0.15, -0.1) is 0 Å². The van der Waals surface area contributed by atoms with Crippen LogP contribution >= 0.6 is 0 Å². The molecule has 0 bridgehead atoms. The zero-order valence-corrected chi connectivity index (χ0v) is 9.42. The number of ether oxygens (including phenoxy) is 1. The van der Waals surface area contributed by atoms with Crippen LogP contribution in [0, 0.1) is 11.3 Å². The van der Waals surface area contributed by atoms with Crippen molar-refractivity contribution in [3.63, 3.8) is 0 Å². The zero-order chi connectivity index (χ0) is 12.3. The van der Waals surface area contributed by atoms with Gasteiger partial charge in [0.05, 0.1) is 18.0 Å². The molecular weight excluding hydrogens is 216 g/mol. The van der Waals surface area contributed by atoms with E-state index in [1.807, 2.05) is 13.0 Å². The number of benzene rings is 1. The Morgan fingerprint density at radius 1 is 1.47 bits per heavy atom. The highest BCUT2D eigenvalue weighted by atomic mass is 16.5. The van der Waals surface area contributed by atoms with Crippen LogP contribution in [0.1, 0.15) is 12.5 Å². The summed E-state index contributed by atoms with van der Waals surface area (Å²) in [4.78, 5) is 0. The highest BCUT2D eigenvalue weighted by Crippen LogP contribution is 2.24. The van der Waals surface area contributed by atoms with Crippen molar-refractivity contribution < 1.29 is 4.74 Å². The van der Waals surface area contributed by atoms with Crippen molar-refractivity contribution in [3.05, 3.63) is 36.2 Å². The molecule has 2 aromatic rings. The van der Waals surface area contributed by atoms with Gasteiger partial charge in [-0.1, -0.05) is 0 Å². The zero-order valence-electron chi connectivity index (χ0n) is 9.42. The van der Waals surface area contributed by atoms with Gasteiger partial charge in [-0.2, -0.15) is 10.4 Å². The van der Waals surface area contributed by atoms with Crippen molar-refractivity contribution >= 4 is 5.69 Å². The molecule has 86 valence electrons. The molecule has 17 heavy (non-hydrogen) atoms. The van der Waals surface area contributed by atoms with Crippen LogP contribution in [-0.4, -0.2) is 9.78 Å². The van der Waals surface area contributed by atoms with E-state index in [4.69, 9.17) is 15.7 Å². The van der Waals surface area contributed by atoms with E-state index in [0.29, 0.717) is 22.7 Å². The maximum Gasteiger partial charge on any atom is 0.165 e. The summed E-state index contributed by atoms with van der Waals surface area (Å²) in [6, 6.07) is 6.99. The number of hydrogen-bond acceptors (Lipinski definition) is 4. The van der Waals surface area contributed by atoms with E-state index in [-0.39, 0.29) is 0 Å². The third-order valence-corrected chi connectivity index (χ3v) is 2.31. The minimum absolute atomic E-state index is 0.408. The van der Waals surface area contributed by atoms with Gasteiger partial charge in [-0.25, -0.2) is 0 Å². The number of rotatable bonds is 3. The summed E-state index contributed by atoms with van der Waals surface area (Å²) in [5.74, 6) is 1.21. The largest absolute Gasteiger partial charge is 0.454 e. The molecule has 1 heterocycles. The summed E-state index contributed by atoms with van der Waals surface area (Å²) >= 11 is 0. The Morgan fingerprint density at radius 2 is 2.29 bits per heavy atom. The summed E-state index contributed by atoms with van der Waals surface area (Å²) in [5, 5.41) is 12.9. The molecular formula is C12H12N4O. The maximum absolute atomic E-state index is 8.85. The second kappa shape index (κ2) is 4.58. The molecule has 0 amide bonds. The molecule has 0 saturated heterocycles. The van der Waals surface area contributed by atoms with Crippen LogP contribution in [-0.2, 0) is 6.54 Å². The molecule has 2 N–H and O–H groups in total. The molecule has 5 nitrogen and oxygen atoms in total. The second-order valence-corrected chi connectivity index (χ2v) is 3.49. The van der Waals surface area contributed by atoms with Crippen LogP contribution < -0.4 is 10.5 Å². The van der Waals surface area contributed by atoms with Crippen molar-refractivity contribution in [3.8, 4) is 17.6 Å². The van der Waals surface area contributed by atoms with Crippen molar-refractivity contribution in [1.82, 2.24) is 9.78 Å². The van der Waals surface area contributed by atoms with E-state index in [1.165, 1.54) is 0 Å². The third-order valence-electron chi connectivity index (χ3n) is 2.31. The van der Waals surface area contributed by atoms with Crippen LogP contribution in [0.15, 0.2) is 30.6 Å². The van der Waals surface area contributed by atoms with Crippen molar-refractivity contribution in [2.24, 2.45) is 0 Å². The number of nitrogens with two attached hydrogens (primary N) is 1. The Labute approximate surface area is 99.0 Å². The van der Waals surface area contributed by atoms with Gasteiger partial charge in [0, 0.05) is 18.3 Å². The lowest BCUT2D eigenvalue weighted by Crippen LogP contribution is -1.92. The first-order valence-corrected chi connectivity index (χ1v) is 5.23. The summed E-state index contributed by atoms with van der Waals surface area (Å²) < 4.78 is 7.33. The van der Waals surface area contributed by atoms with Gasteiger partial charge in [0.2, 0.25) is 0 Å². The number of aromatic nitrogens is 2. The Balaban J connectivity index is 2.21. The fraction of sp³-hybridized carbons (Fsp3) is 0.167. The lowest BCUT2D eigenvalue weighted by molar-refractivity contribution is 0.481. The van der Waals surface area contributed by atoms with Gasteiger partial charge in [-0.3, -0.25) is 4.68 Å². The van der Waals surface area contributed by atoms with E-state index in [1.54, 1.807) is 35.3 Å². The smallest absolute Gasteiger partial charge is 0.165 e. The Morgan fingerprint density at radius 3 is 2.94 bits per heavy atom. The molecule has 0 fully saturated rings. The molecule has 0 atom stereocenters. The molecule has 1 aromatic heterocycles. The topological polar surface area (TPSA) is 76.9 Å². The SMILES string of the molecule is CCn1cc(Oc2ccc(N)c(C#N)c2)cn1. The predicted molar refractivity (Wildman–Crippen MR) is 63.5 cm³/mol. The van der Waals surface area contributed by atoms with Crippen LogP contribution in [0.2, 0.25) is 0 Å². The number of nitrogens with zero attached hydrogens (tertiary/aromatic N) is 3. The Hall–Kier alpha value is -2.48. The maximum atomic E-state index is 8.85. The first-order valence-electron chi connectivity index (χ1n) is 5.23. The highest BCUT2D eigenvalue weighted by Gasteiger charge is 2.04. The van der Waals surface area contributed by atoms with Crippen molar-refractivity contribution in [2.45, 2.75) is 13.5 Å². The molecule has 0 aliphatic heterocycles. The van der Waals surface area contributed by atoms with Crippen LogP contribution in [0.4, 0.5) is 5.69 Å². The number of nitriles is 1. The fourth-order valence-corrected chi connectivity index (χ4v) is 1.40. The normalized spacial score (nSPS) is 9.88. The molecule has 0 saturated carbocycles. The molecule has 5 heteroatoms. The summed E-state index contributed by atoms with van der Waals surface area (Å²) in [6.07, 6.45) is 3.42. The van der Waals surface area contributed by atoms with Gasteiger partial charge in [0.1, 0.15) is 11.8 Å². The van der Waals surface area contributed by atoms with Gasteiger partial charge in [0.15, 0.2) is 5.75 Å². The molecule has 0 aliphatic rings. The van der Waals surface area contributed by atoms with Gasteiger partial charge >= 0.3 is 0 Å². The molecule has 0 aliphatic carbocycles. The third kappa shape index (κ3) is 2.37. The van der Waals surface area contributed by atoms with E-state index >= 15 is 0 Å². The lowest BCUT2D eigenvalue weighted by Gasteiger charge is -2.04. The summed E-state index contributed by atoms with van der Waals surface area (Å²) in [7, 11) is 0. The van der Waals surface area contributed by atoms with Gasteiger partial charge < -0.3 is 10.5 Å². The second-order valence-electron chi connectivity index (χ2n) is 3.49. The Kier molecular flexibility index (Phi) is 2.97. The van der Waals surface area contributed by atoms with E-state index < -0.39 is 0 Å². The average molecular weight is 228 g/mol. The van der Waals surface area contributed by atoms with Crippen LogP contribution in [0.5, 0.6) is 11.5 Å². The van der Waals surface area contributed by atoms with Crippen molar-refractivity contribution in [2.75, 3.05) is 5.73 Å². The predicted octanol–water partition coefficient (Wildman–Crippen LogP) is 2.15. The number of aryl methyl sites for hydroxylation is 1. The minimum atomic E-state index is 0.408. The van der Waals surface area contributed by atoms with Gasteiger partial charge in [-0.05, 0) is 19.1 Å². The van der Waals surface area contributed by atoms with Crippen LogP contribution in [0.25, 0.3) is 0 Å². The first kappa shape index (κ1) is 11.0. The lowest BCUT2D eigenvalue weighted by atomic mass is 10.2. The summed E-state index contributed by atoms with van der Waals surface area (Å²) in [6.45, 7) is 2.78. The standard InChI is InChI=1S/C12H12N4O/c1-2-16-8-11(7-15-16)17-10-3-4-12(14)9(5-10)6-13/h3-5,7-8H,2,14H2,1H3. The first-order chi connectivity index (χ1) is 8.22.